The van der Waals surface area contributed by atoms with E-state index in [0.29, 0.717) is 0 Å². The molecule has 6 nitrogen and oxygen atoms in total. The smallest absolute Gasteiger partial charge is 0.139 e. The summed E-state index contributed by atoms with van der Waals surface area (Å²) in [6.07, 6.45) is -0.240. The highest BCUT2D eigenvalue weighted by Gasteiger charge is 2.45. The largest absolute Gasteiger partial charge is 0.374 e. The summed E-state index contributed by atoms with van der Waals surface area (Å²) >= 11 is 0. The molecule has 0 amide bonds. The summed E-state index contributed by atoms with van der Waals surface area (Å²) in [6.45, 7) is 0. The number of rotatable bonds is 2. The zero-order chi connectivity index (χ0) is 27.2. The Morgan fingerprint density at radius 1 is 0.537 bits per heavy atom. The van der Waals surface area contributed by atoms with Crippen molar-refractivity contribution >= 4 is 40.1 Å². The van der Waals surface area contributed by atoms with Gasteiger partial charge in [-0.25, -0.2) is 9.98 Å². The van der Waals surface area contributed by atoms with Crippen LogP contribution in [0.5, 0.6) is 0 Å². The number of fused-ring (bicyclic) bond motifs is 7. The van der Waals surface area contributed by atoms with Gasteiger partial charge in [0.2, 0.25) is 0 Å². The Labute approximate surface area is 239 Å². The Bertz CT molecular complexity index is 1800. The first kappa shape index (κ1) is 23.5. The van der Waals surface area contributed by atoms with Crippen molar-refractivity contribution in [2.24, 2.45) is 9.98 Å². The van der Waals surface area contributed by atoms with E-state index < -0.39 is 0 Å². The summed E-state index contributed by atoms with van der Waals surface area (Å²) in [5.41, 5.74) is 8.16. The summed E-state index contributed by atoms with van der Waals surface area (Å²) in [7, 11) is 0. The van der Waals surface area contributed by atoms with Crippen molar-refractivity contribution in [1.29, 1.82) is 0 Å². The molecule has 5 aromatic rings. The second-order valence-electron chi connectivity index (χ2n) is 10.5. The standard InChI is InChI=1S/C35H28N6/c1-3-13-23(14-4-1)31-32-33(38-28-20-10-9-19-27(28)36-31)37-26-18-8-7-17-25(26)35-40-30-22-12-11-21-29(30)39-34(41(32)35)24-15-5-2-6-16-24/h1-22,31-32,35-36,40H,(H,37,38). The lowest BCUT2D eigenvalue weighted by molar-refractivity contribution is 0.292. The van der Waals surface area contributed by atoms with E-state index in [0.717, 1.165) is 51.2 Å². The number of aliphatic imine (C=N–C) groups is 2. The molecule has 0 bridgehead atoms. The number of benzene rings is 5. The SMILES string of the molecule is c1ccc(C2=Nc3ccccc3NC3c4ccccc4N=C4Nc5ccccc5NC(c5ccccc5)C4N23)cc1. The molecule has 198 valence electrons. The van der Waals surface area contributed by atoms with Crippen molar-refractivity contribution < 1.29 is 0 Å². The van der Waals surface area contributed by atoms with Crippen molar-refractivity contribution in [3.05, 3.63) is 150 Å². The van der Waals surface area contributed by atoms with Gasteiger partial charge in [0.25, 0.3) is 0 Å². The van der Waals surface area contributed by atoms with Crippen LogP contribution in [0.4, 0.5) is 28.4 Å². The molecular weight excluding hydrogens is 504 g/mol. The van der Waals surface area contributed by atoms with Gasteiger partial charge in [-0.15, -0.1) is 0 Å². The predicted octanol–water partition coefficient (Wildman–Crippen LogP) is 7.88. The maximum absolute atomic E-state index is 5.38. The number of anilines is 3. The Hall–Kier alpha value is -5.36. The number of nitrogens with zero attached hydrogens (tertiary/aromatic N) is 3. The van der Waals surface area contributed by atoms with Gasteiger partial charge in [-0.05, 0) is 35.9 Å². The molecule has 41 heavy (non-hydrogen) atoms. The van der Waals surface area contributed by atoms with Gasteiger partial charge in [0.05, 0.1) is 34.5 Å². The van der Waals surface area contributed by atoms with Crippen LogP contribution in [-0.2, 0) is 0 Å². The predicted molar refractivity (Wildman–Crippen MR) is 167 cm³/mol. The molecule has 0 fully saturated rings. The minimum absolute atomic E-state index is 0.139. The van der Waals surface area contributed by atoms with E-state index in [4.69, 9.17) is 9.98 Å². The molecule has 8 rings (SSSR count). The lowest BCUT2D eigenvalue weighted by Gasteiger charge is -2.42. The van der Waals surface area contributed by atoms with Crippen molar-refractivity contribution in [2.45, 2.75) is 18.2 Å². The Morgan fingerprint density at radius 2 is 1.17 bits per heavy atom. The summed E-state index contributed by atoms with van der Waals surface area (Å²) in [5, 5.41) is 11.5. The molecule has 6 heteroatoms. The van der Waals surface area contributed by atoms with Crippen LogP contribution in [-0.4, -0.2) is 22.6 Å². The summed E-state index contributed by atoms with van der Waals surface area (Å²) < 4.78 is 0. The molecule has 0 aromatic heterocycles. The van der Waals surface area contributed by atoms with Crippen LogP contribution in [0.3, 0.4) is 0 Å². The lowest BCUT2D eigenvalue weighted by atomic mass is 9.95. The Morgan fingerprint density at radius 3 is 1.98 bits per heavy atom. The minimum Gasteiger partial charge on any atom is -0.374 e. The van der Waals surface area contributed by atoms with Gasteiger partial charge in [0, 0.05) is 11.1 Å². The number of nitrogens with one attached hydrogen (secondary N) is 3. The van der Waals surface area contributed by atoms with Gasteiger partial charge < -0.3 is 20.9 Å². The van der Waals surface area contributed by atoms with Crippen LogP contribution >= 0.6 is 0 Å². The van der Waals surface area contributed by atoms with Gasteiger partial charge in [0.1, 0.15) is 23.9 Å². The van der Waals surface area contributed by atoms with Gasteiger partial charge >= 0.3 is 0 Å². The van der Waals surface area contributed by atoms with E-state index in [2.05, 4.69) is 142 Å². The molecular formula is C35H28N6. The Balaban J connectivity index is 1.44. The maximum atomic E-state index is 5.38. The average Bonchev–Trinajstić information content (AvgIpc) is 3.35. The van der Waals surface area contributed by atoms with E-state index in [-0.39, 0.29) is 18.2 Å². The van der Waals surface area contributed by atoms with E-state index in [9.17, 15) is 0 Å². The van der Waals surface area contributed by atoms with Crippen molar-refractivity contribution in [3.63, 3.8) is 0 Å². The summed E-state index contributed by atoms with van der Waals surface area (Å²) in [6, 6.07) is 45.8. The molecule has 3 aliphatic rings. The average molecular weight is 533 g/mol. The molecule has 3 atom stereocenters. The molecule has 3 aliphatic heterocycles. The third kappa shape index (κ3) is 4.03. The maximum Gasteiger partial charge on any atom is 0.139 e. The molecule has 0 spiro atoms. The first-order valence-corrected chi connectivity index (χ1v) is 14.0. The number of amidine groups is 2. The highest BCUT2D eigenvalue weighted by molar-refractivity contribution is 6.11. The van der Waals surface area contributed by atoms with Crippen LogP contribution in [0, 0.1) is 0 Å². The second-order valence-corrected chi connectivity index (χ2v) is 10.5. The van der Waals surface area contributed by atoms with Crippen molar-refractivity contribution in [1.82, 2.24) is 4.90 Å². The quantitative estimate of drug-likeness (QED) is 0.216. The van der Waals surface area contributed by atoms with Crippen LogP contribution in [0.1, 0.15) is 28.9 Å². The third-order valence-electron chi connectivity index (χ3n) is 8.00. The highest BCUT2D eigenvalue weighted by atomic mass is 15.4. The first-order chi connectivity index (χ1) is 20.3. The highest BCUT2D eigenvalue weighted by Crippen LogP contribution is 2.45. The number of hydrogen-bond acceptors (Lipinski definition) is 6. The Kier molecular flexibility index (Phi) is 5.55. The summed E-state index contributed by atoms with van der Waals surface area (Å²) in [4.78, 5) is 13.2. The van der Waals surface area contributed by atoms with Crippen LogP contribution in [0.2, 0.25) is 0 Å². The van der Waals surface area contributed by atoms with Gasteiger partial charge in [-0.1, -0.05) is 103 Å². The molecule has 0 radical (unpaired) electrons. The van der Waals surface area contributed by atoms with Crippen molar-refractivity contribution in [2.75, 3.05) is 16.0 Å². The van der Waals surface area contributed by atoms with Gasteiger partial charge in [0.15, 0.2) is 0 Å². The summed E-state index contributed by atoms with van der Waals surface area (Å²) in [5.74, 6) is 1.75. The topological polar surface area (TPSA) is 64.0 Å². The van der Waals surface area contributed by atoms with Gasteiger partial charge in [-0.2, -0.15) is 0 Å². The fourth-order valence-corrected chi connectivity index (χ4v) is 6.12. The van der Waals surface area contributed by atoms with Gasteiger partial charge in [-0.3, -0.25) is 0 Å². The van der Waals surface area contributed by atoms with E-state index >= 15 is 0 Å². The second kappa shape index (κ2) is 9.68. The monoisotopic (exact) mass is 532 g/mol. The number of para-hydroxylation sites is 5. The molecule has 5 aromatic carbocycles. The normalized spacial score (nSPS) is 20.3. The van der Waals surface area contributed by atoms with E-state index in [1.165, 1.54) is 5.56 Å². The fourth-order valence-electron chi connectivity index (χ4n) is 6.12. The zero-order valence-electron chi connectivity index (χ0n) is 22.3. The first-order valence-electron chi connectivity index (χ1n) is 14.0. The lowest BCUT2D eigenvalue weighted by Crippen LogP contribution is -2.53. The van der Waals surface area contributed by atoms with Crippen LogP contribution in [0.15, 0.2) is 143 Å². The zero-order valence-corrected chi connectivity index (χ0v) is 22.3. The molecule has 0 saturated heterocycles. The molecule has 0 saturated carbocycles. The fraction of sp³-hybridized carbons (Fsp3) is 0.0857. The molecule has 0 aliphatic carbocycles. The van der Waals surface area contributed by atoms with Crippen LogP contribution < -0.4 is 16.0 Å². The van der Waals surface area contributed by atoms with Crippen LogP contribution in [0.25, 0.3) is 0 Å². The van der Waals surface area contributed by atoms with E-state index in [1.807, 2.05) is 12.1 Å². The molecule has 3 N–H and O–H groups in total. The van der Waals surface area contributed by atoms with Crippen molar-refractivity contribution in [3.8, 4) is 0 Å². The van der Waals surface area contributed by atoms with E-state index in [1.54, 1.807) is 0 Å². The third-order valence-corrected chi connectivity index (χ3v) is 8.00. The number of hydrogen-bond donors (Lipinski definition) is 3. The minimum atomic E-state index is -0.247. The molecule has 3 unspecified atom stereocenters. The molecule has 3 heterocycles.